The number of nitrogen functional groups attached to an aromatic ring is 1. The third kappa shape index (κ3) is 3.92. The van der Waals surface area contributed by atoms with E-state index in [0.29, 0.717) is 12.1 Å². The summed E-state index contributed by atoms with van der Waals surface area (Å²) < 4.78 is 4.78. The highest BCUT2D eigenvalue weighted by atomic mass is 16.4. The van der Waals surface area contributed by atoms with E-state index >= 15 is 0 Å². The molecule has 0 aliphatic heterocycles. The van der Waals surface area contributed by atoms with Gasteiger partial charge in [0.2, 0.25) is 0 Å². The van der Waals surface area contributed by atoms with E-state index in [1.165, 1.54) is 7.11 Å². The predicted molar refractivity (Wildman–Crippen MR) is 63.3 cm³/mol. The molecule has 0 amide bonds. The first kappa shape index (κ1) is 12.5. The molecule has 0 saturated heterocycles. The maximum atomic E-state index is 10.9. The third-order valence-electron chi connectivity index (χ3n) is 2.19. The number of carboxylic acid groups (broad SMARTS) is 1. The van der Waals surface area contributed by atoms with E-state index in [0.717, 1.165) is 5.56 Å². The van der Waals surface area contributed by atoms with Gasteiger partial charge in [-0.05, 0) is 24.1 Å². The van der Waals surface area contributed by atoms with Crippen LogP contribution in [0.5, 0.6) is 0 Å². The van der Waals surface area contributed by atoms with Crippen molar-refractivity contribution in [3.63, 3.8) is 0 Å². The molecule has 4 N–H and O–H groups in total. The van der Waals surface area contributed by atoms with Crippen LogP contribution in [0.4, 0.5) is 5.69 Å². The first-order valence-corrected chi connectivity index (χ1v) is 4.93. The van der Waals surface area contributed by atoms with Crippen LogP contribution in [-0.2, 0) is 15.9 Å². The Morgan fingerprint density at radius 1 is 1.56 bits per heavy atom. The molecule has 0 fully saturated rings. The molecule has 1 aromatic carbocycles. The fraction of sp³-hybridized carbons (Fsp3) is 0.300. The summed E-state index contributed by atoms with van der Waals surface area (Å²) in [5, 5.41) is 11.8. The Kier molecular flexibility index (Phi) is 4.82. The maximum Gasteiger partial charge on any atom is 0.361 e. The summed E-state index contributed by atoms with van der Waals surface area (Å²) in [5.74, 6) is -0.895. The van der Waals surface area contributed by atoms with Crippen molar-refractivity contribution in [1.29, 1.82) is 0 Å². The largest absolute Gasteiger partial charge is 0.480 e. The number of benzene rings is 1. The van der Waals surface area contributed by atoms with Crippen LogP contribution in [-0.4, -0.2) is 31.8 Å². The molecule has 1 unspecified atom stereocenters. The second-order valence-electron chi connectivity index (χ2n) is 3.47. The van der Waals surface area contributed by atoms with Gasteiger partial charge in [0.25, 0.3) is 0 Å². The van der Waals surface area contributed by atoms with Crippen molar-refractivity contribution in [2.45, 2.75) is 12.5 Å². The van der Waals surface area contributed by atoms with E-state index in [1.807, 2.05) is 12.1 Å². The molecule has 1 atom stereocenters. The highest BCUT2D eigenvalue weighted by Gasteiger charge is 2.17. The summed E-state index contributed by atoms with van der Waals surface area (Å²) in [6.45, 7) is 0. The third-order valence-corrected chi connectivity index (χ3v) is 2.19. The molecule has 0 bridgehead atoms. The molecule has 1 rings (SSSR count). The number of carboxylic acids is 1. The molecule has 16 heavy (non-hydrogen) atoms. The number of hydrogen-bond donors (Lipinski definition) is 3. The van der Waals surface area contributed by atoms with Crippen LogP contribution in [0.2, 0.25) is 0 Å². The van der Waals surface area contributed by atoms with E-state index in [1.54, 1.807) is 12.1 Å². The smallest absolute Gasteiger partial charge is 0.361 e. The minimum absolute atomic E-state index is 0.214. The number of rotatable bonds is 6. The SMILES string of the molecule is COBNC(Cc1ccc(N)cc1)C(=O)O. The van der Waals surface area contributed by atoms with Gasteiger partial charge in [0.05, 0.1) is 0 Å². The molecule has 5 nitrogen and oxygen atoms in total. The van der Waals surface area contributed by atoms with Crippen molar-refractivity contribution in [2.75, 3.05) is 12.8 Å². The van der Waals surface area contributed by atoms with E-state index in [4.69, 9.17) is 15.5 Å². The number of carbonyl (C=O) groups is 1. The molecule has 0 radical (unpaired) electrons. The Morgan fingerprint density at radius 3 is 2.69 bits per heavy atom. The van der Waals surface area contributed by atoms with Gasteiger partial charge in [0.1, 0.15) is 6.04 Å². The number of aliphatic carboxylic acids is 1. The first-order valence-electron chi connectivity index (χ1n) is 4.93. The molecule has 0 aliphatic carbocycles. The summed E-state index contributed by atoms with van der Waals surface area (Å²) >= 11 is 0. The minimum Gasteiger partial charge on any atom is -0.480 e. The average molecular weight is 222 g/mol. The monoisotopic (exact) mass is 222 g/mol. The standard InChI is InChI=1S/C10H15BN2O3/c1-16-11-13-9(10(14)15)6-7-2-4-8(12)5-3-7/h2-5,9,11,13H,6,12H2,1H3,(H,14,15). The summed E-state index contributed by atoms with van der Waals surface area (Å²) in [6.07, 6.45) is 0.402. The summed E-state index contributed by atoms with van der Waals surface area (Å²) in [6, 6.07) is 6.50. The molecule has 0 heterocycles. The van der Waals surface area contributed by atoms with Gasteiger partial charge < -0.3 is 20.7 Å². The number of nitrogens with two attached hydrogens (primary N) is 1. The lowest BCUT2D eigenvalue weighted by Crippen LogP contribution is -2.41. The Hall–Kier alpha value is -1.53. The molecular formula is C10H15BN2O3. The van der Waals surface area contributed by atoms with E-state index < -0.39 is 12.0 Å². The zero-order valence-corrected chi connectivity index (χ0v) is 9.14. The lowest BCUT2D eigenvalue weighted by Gasteiger charge is -2.13. The van der Waals surface area contributed by atoms with Gasteiger partial charge in [-0.3, -0.25) is 4.79 Å². The van der Waals surface area contributed by atoms with Crippen LogP contribution >= 0.6 is 0 Å². The van der Waals surface area contributed by atoms with E-state index in [9.17, 15) is 4.79 Å². The molecular weight excluding hydrogens is 207 g/mol. The normalized spacial score (nSPS) is 12.1. The van der Waals surface area contributed by atoms with Gasteiger partial charge in [-0.2, -0.15) is 0 Å². The molecule has 0 aromatic heterocycles. The van der Waals surface area contributed by atoms with Gasteiger partial charge in [-0.15, -0.1) is 0 Å². The quantitative estimate of drug-likeness (QED) is 0.457. The highest BCUT2D eigenvalue weighted by molar-refractivity contribution is 6.24. The van der Waals surface area contributed by atoms with Crippen molar-refractivity contribution in [3.8, 4) is 0 Å². The van der Waals surface area contributed by atoms with Crippen molar-refractivity contribution in [3.05, 3.63) is 29.8 Å². The molecule has 0 spiro atoms. The topological polar surface area (TPSA) is 84.6 Å². The first-order chi connectivity index (χ1) is 7.63. The van der Waals surface area contributed by atoms with Crippen LogP contribution in [0, 0.1) is 0 Å². The lowest BCUT2D eigenvalue weighted by atomic mass is 10.0. The zero-order chi connectivity index (χ0) is 12.0. The number of nitrogens with one attached hydrogen (secondary N) is 1. The van der Waals surface area contributed by atoms with Crippen molar-refractivity contribution in [1.82, 2.24) is 5.23 Å². The van der Waals surface area contributed by atoms with Gasteiger partial charge in [0, 0.05) is 12.8 Å². The van der Waals surface area contributed by atoms with Crippen LogP contribution in [0.1, 0.15) is 5.56 Å². The predicted octanol–water partition coefficient (Wildman–Crippen LogP) is -0.233. The molecule has 6 heteroatoms. The van der Waals surface area contributed by atoms with Gasteiger partial charge in [0.15, 0.2) is 0 Å². The maximum absolute atomic E-state index is 10.9. The number of anilines is 1. The van der Waals surface area contributed by atoms with Crippen LogP contribution < -0.4 is 11.0 Å². The van der Waals surface area contributed by atoms with Gasteiger partial charge in [-0.25, -0.2) is 0 Å². The Labute approximate surface area is 94.9 Å². The molecule has 0 aliphatic rings. The highest BCUT2D eigenvalue weighted by Crippen LogP contribution is 2.08. The van der Waals surface area contributed by atoms with Gasteiger partial charge in [-0.1, -0.05) is 12.1 Å². The second-order valence-corrected chi connectivity index (χ2v) is 3.47. The van der Waals surface area contributed by atoms with Crippen LogP contribution in [0.3, 0.4) is 0 Å². The van der Waals surface area contributed by atoms with Gasteiger partial charge >= 0.3 is 13.6 Å². The van der Waals surface area contributed by atoms with E-state index in [-0.39, 0.29) is 7.62 Å². The summed E-state index contributed by atoms with van der Waals surface area (Å²) in [4.78, 5) is 10.9. The second kappa shape index (κ2) is 6.14. The Balaban J connectivity index is 2.60. The van der Waals surface area contributed by atoms with Crippen LogP contribution in [0.25, 0.3) is 0 Å². The van der Waals surface area contributed by atoms with E-state index in [2.05, 4.69) is 5.23 Å². The summed E-state index contributed by atoms with van der Waals surface area (Å²) in [5.41, 5.74) is 7.13. The van der Waals surface area contributed by atoms with Crippen molar-refractivity contribution in [2.24, 2.45) is 0 Å². The zero-order valence-electron chi connectivity index (χ0n) is 9.14. The molecule has 0 saturated carbocycles. The minimum atomic E-state index is -0.895. The van der Waals surface area contributed by atoms with Crippen LogP contribution in [0.15, 0.2) is 24.3 Å². The fourth-order valence-electron chi connectivity index (χ4n) is 1.32. The number of hydrogen-bond acceptors (Lipinski definition) is 4. The molecule has 1 aromatic rings. The summed E-state index contributed by atoms with van der Waals surface area (Å²) in [7, 11) is 1.72. The molecule has 86 valence electrons. The lowest BCUT2D eigenvalue weighted by molar-refractivity contribution is -0.139. The Bertz CT molecular complexity index is 342. The van der Waals surface area contributed by atoms with Crippen molar-refractivity contribution < 1.29 is 14.6 Å². The average Bonchev–Trinajstić information content (AvgIpc) is 2.26. The fourth-order valence-corrected chi connectivity index (χ4v) is 1.32. The Morgan fingerprint density at radius 2 is 2.19 bits per heavy atom. The van der Waals surface area contributed by atoms with Crippen molar-refractivity contribution >= 4 is 19.3 Å².